The highest BCUT2D eigenvalue weighted by atomic mass is 79.9. The molecule has 1 aromatic rings. The fraction of sp³-hybridized carbons (Fsp3) is 0.800. The van der Waals surface area contributed by atoms with E-state index in [-0.39, 0.29) is 0 Å². The van der Waals surface area contributed by atoms with Crippen molar-refractivity contribution >= 4 is 45.4 Å². The van der Waals surface area contributed by atoms with Gasteiger partial charge in [-0.25, -0.2) is 4.98 Å². The van der Waals surface area contributed by atoms with Crippen LogP contribution in [0.15, 0.2) is 9.21 Å². The normalized spacial score (nSPS) is 16.8. The van der Waals surface area contributed by atoms with Gasteiger partial charge in [0.2, 0.25) is 0 Å². The van der Waals surface area contributed by atoms with E-state index < -0.39 is 8.07 Å². The Kier molecular flexibility index (Phi) is 4.93. The molecule has 0 aromatic carbocycles. The fourth-order valence-electron chi connectivity index (χ4n) is 4.13. The van der Waals surface area contributed by atoms with E-state index in [4.69, 9.17) is 4.98 Å². The smallest absolute Gasteiger partial charge is 0.140 e. The van der Waals surface area contributed by atoms with E-state index in [0.717, 1.165) is 9.21 Å². The van der Waals surface area contributed by atoms with Crippen LogP contribution in [0.25, 0.3) is 0 Å². The minimum absolute atomic E-state index is 0.668. The minimum atomic E-state index is -1.69. The molecule has 1 fully saturated rings. The minimum Gasteiger partial charge on any atom is -0.323 e. The molecule has 0 saturated heterocycles. The van der Waals surface area contributed by atoms with Gasteiger partial charge >= 0.3 is 0 Å². The van der Waals surface area contributed by atoms with Crippen molar-refractivity contribution < 1.29 is 0 Å². The van der Waals surface area contributed by atoms with Crippen LogP contribution in [-0.2, 0) is 0 Å². The van der Waals surface area contributed by atoms with Gasteiger partial charge in [0.1, 0.15) is 17.3 Å². The molecule has 5 heteroatoms. The summed E-state index contributed by atoms with van der Waals surface area (Å²) in [5.41, 5.74) is 3.49. The Balaban J connectivity index is 2.69. The summed E-state index contributed by atoms with van der Waals surface area (Å²) in [4.78, 5) is 5.00. The van der Waals surface area contributed by atoms with Crippen molar-refractivity contribution in [1.82, 2.24) is 9.55 Å². The molecule has 1 heterocycles. The van der Waals surface area contributed by atoms with Crippen molar-refractivity contribution in [2.75, 3.05) is 0 Å². The summed E-state index contributed by atoms with van der Waals surface area (Å²) in [6, 6.07) is 0.668. The molecule has 2 nitrogen and oxygen atoms in total. The first-order chi connectivity index (χ1) is 9.24. The summed E-state index contributed by atoms with van der Waals surface area (Å²) in [5.74, 6) is 0. The summed E-state index contributed by atoms with van der Waals surface area (Å²) in [7, 11) is -1.69. The Hall–Kier alpha value is 0.387. The van der Waals surface area contributed by atoms with Crippen molar-refractivity contribution in [3.05, 3.63) is 9.21 Å². The number of hydrogen-bond acceptors (Lipinski definition) is 1. The molecule has 1 aliphatic carbocycles. The largest absolute Gasteiger partial charge is 0.323 e. The van der Waals surface area contributed by atoms with Gasteiger partial charge in [0, 0.05) is 6.04 Å². The molecular formula is C15H26Br2N2Si. The summed E-state index contributed by atoms with van der Waals surface area (Å²) in [5, 5.41) is 0. The number of aromatic nitrogens is 2. The van der Waals surface area contributed by atoms with Gasteiger partial charge in [0.25, 0.3) is 0 Å². The Morgan fingerprint density at radius 3 is 1.80 bits per heavy atom. The number of halogens is 2. The molecule has 0 spiro atoms. The van der Waals surface area contributed by atoms with Crippen LogP contribution in [-0.4, -0.2) is 17.6 Å². The molecular weight excluding hydrogens is 396 g/mol. The average Bonchev–Trinajstić information content (AvgIpc) is 3.08. The first-order valence-corrected chi connectivity index (χ1v) is 11.5. The van der Waals surface area contributed by atoms with E-state index in [2.05, 4.69) is 78.0 Å². The zero-order valence-electron chi connectivity index (χ0n) is 13.4. The SMILES string of the molecule is CC(C)[Si](c1nc(Br)c(Br)n1C1CC1)(C(C)C)C(C)C. The monoisotopic (exact) mass is 420 g/mol. The van der Waals surface area contributed by atoms with Crippen molar-refractivity contribution in [2.45, 2.75) is 77.0 Å². The van der Waals surface area contributed by atoms with Gasteiger partial charge in [0.15, 0.2) is 0 Å². The van der Waals surface area contributed by atoms with Gasteiger partial charge in [0.05, 0.1) is 5.45 Å². The lowest BCUT2D eigenvalue weighted by Crippen LogP contribution is -2.59. The van der Waals surface area contributed by atoms with Crippen LogP contribution in [0.2, 0.25) is 16.6 Å². The molecule has 114 valence electrons. The summed E-state index contributed by atoms with van der Waals surface area (Å²) in [6.45, 7) is 14.4. The number of hydrogen-bond donors (Lipinski definition) is 0. The molecule has 2 rings (SSSR count). The zero-order valence-corrected chi connectivity index (χ0v) is 17.5. The molecule has 0 N–H and O–H groups in total. The molecule has 20 heavy (non-hydrogen) atoms. The third kappa shape index (κ3) is 2.48. The topological polar surface area (TPSA) is 17.8 Å². The predicted octanol–water partition coefficient (Wildman–Crippen LogP) is 5.63. The van der Waals surface area contributed by atoms with Crippen LogP contribution in [0.3, 0.4) is 0 Å². The molecule has 0 aliphatic heterocycles. The quantitative estimate of drug-likeness (QED) is 0.563. The van der Waals surface area contributed by atoms with Gasteiger partial charge in [-0.05, 0) is 61.3 Å². The Labute approximate surface area is 141 Å². The maximum Gasteiger partial charge on any atom is 0.140 e. The average molecular weight is 422 g/mol. The number of nitrogens with zero attached hydrogens (tertiary/aromatic N) is 2. The standard InChI is InChI=1S/C15H26Br2N2Si/c1-9(2)20(10(3)4,11(5)6)15-18-13(16)14(17)19(15)12-7-8-12/h9-12H,7-8H2,1-6H3. The highest BCUT2D eigenvalue weighted by molar-refractivity contribution is 9.13. The van der Waals surface area contributed by atoms with E-state index in [0.29, 0.717) is 22.7 Å². The van der Waals surface area contributed by atoms with Gasteiger partial charge in [-0.1, -0.05) is 41.5 Å². The summed E-state index contributed by atoms with van der Waals surface area (Å²) in [6.07, 6.45) is 2.60. The Bertz CT molecular complexity index is 469. The van der Waals surface area contributed by atoms with Crippen LogP contribution >= 0.6 is 31.9 Å². The fourth-order valence-corrected chi connectivity index (χ4v) is 11.9. The first kappa shape index (κ1) is 16.8. The molecule has 0 bridgehead atoms. The Morgan fingerprint density at radius 2 is 1.45 bits per heavy atom. The van der Waals surface area contributed by atoms with Gasteiger partial charge in [-0.3, -0.25) is 0 Å². The summed E-state index contributed by atoms with van der Waals surface area (Å²) >= 11 is 7.40. The number of imidazole rings is 1. The van der Waals surface area contributed by atoms with Crippen molar-refractivity contribution in [2.24, 2.45) is 0 Å². The molecule has 1 aliphatic rings. The van der Waals surface area contributed by atoms with Crippen molar-refractivity contribution in [3.63, 3.8) is 0 Å². The van der Waals surface area contributed by atoms with Gasteiger partial charge < -0.3 is 4.57 Å². The van der Waals surface area contributed by atoms with Crippen LogP contribution in [0, 0.1) is 0 Å². The highest BCUT2D eigenvalue weighted by Gasteiger charge is 2.50. The molecule has 0 radical (unpaired) electrons. The molecule has 0 atom stereocenters. The van der Waals surface area contributed by atoms with E-state index in [1.807, 2.05) is 0 Å². The Morgan fingerprint density at radius 1 is 1.00 bits per heavy atom. The van der Waals surface area contributed by atoms with Gasteiger partial charge in [-0.2, -0.15) is 0 Å². The van der Waals surface area contributed by atoms with Crippen LogP contribution < -0.4 is 5.45 Å². The van der Waals surface area contributed by atoms with Crippen molar-refractivity contribution in [3.8, 4) is 0 Å². The molecule has 0 amide bonds. The van der Waals surface area contributed by atoms with E-state index in [1.165, 1.54) is 18.3 Å². The molecule has 0 unspecified atom stereocenters. The second-order valence-electron chi connectivity index (χ2n) is 7.02. The van der Waals surface area contributed by atoms with E-state index >= 15 is 0 Å². The maximum atomic E-state index is 5.00. The zero-order chi connectivity index (χ0) is 15.2. The third-order valence-corrected chi connectivity index (χ3v) is 13.7. The van der Waals surface area contributed by atoms with Gasteiger partial charge in [-0.15, -0.1) is 0 Å². The second-order valence-corrected chi connectivity index (χ2v) is 14.3. The summed E-state index contributed by atoms with van der Waals surface area (Å²) < 4.78 is 4.64. The number of rotatable bonds is 5. The lowest BCUT2D eigenvalue weighted by atomic mass is 10.5. The first-order valence-electron chi connectivity index (χ1n) is 7.68. The molecule has 1 saturated carbocycles. The second kappa shape index (κ2) is 5.88. The lowest BCUT2D eigenvalue weighted by Gasteiger charge is -2.42. The van der Waals surface area contributed by atoms with E-state index in [9.17, 15) is 0 Å². The highest BCUT2D eigenvalue weighted by Crippen LogP contribution is 2.45. The molecule has 1 aromatic heterocycles. The third-order valence-electron chi connectivity index (χ3n) is 4.98. The van der Waals surface area contributed by atoms with Crippen LogP contribution in [0.5, 0.6) is 0 Å². The van der Waals surface area contributed by atoms with Crippen LogP contribution in [0.4, 0.5) is 0 Å². The van der Waals surface area contributed by atoms with Crippen LogP contribution in [0.1, 0.15) is 60.4 Å². The lowest BCUT2D eigenvalue weighted by molar-refractivity contribution is 0.725. The predicted molar refractivity (Wildman–Crippen MR) is 96.6 cm³/mol. The van der Waals surface area contributed by atoms with E-state index in [1.54, 1.807) is 0 Å². The maximum absolute atomic E-state index is 5.00. The van der Waals surface area contributed by atoms with Crippen molar-refractivity contribution in [1.29, 1.82) is 0 Å².